The van der Waals surface area contributed by atoms with E-state index in [9.17, 15) is 13.2 Å². The molecule has 1 aliphatic rings. The zero-order chi connectivity index (χ0) is 19.6. The van der Waals surface area contributed by atoms with Crippen LogP contribution < -0.4 is 0 Å². The summed E-state index contributed by atoms with van der Waals surface area (Å²) in [6.45, 7) is 4.50. The van der Waals surface area contributed by atoms with Gasteiger partial charge in [0, 0.05) is 39.3 Å². The van der Waals surface area contributed by atoms with Crippen LogP contribution in [0.15, 0.2) is 66.7 Å². The molecule has 4 rings (SSSR count). The van der Waals surface area contributed by atoms with Crippen LogP contribution in [0.2, 0.25) is 0 Å². The highest BCUT2D eigenvalue weighted by molar-refractivity contribution is 5.82. The SMILES string of the molecule is FC(F)(F)c1ccccc1CN1CCN(Cc2ccc3ccccc3c2)CC1. The predicted octanol–water partition coefficient (Wildman–Crippen LogP) is 5.18. The molecule has 0 saturated carbocycles. The van der Waals surface area contributed by atoms with Gasteiger partial charge in [-0.25, -0.2) is 0 Å². The van der Waals surface area contributed by atoms with E-state index in [1.165, 1.54) is 28.5 Å². The first kappa shape index (κ1) is 19.0. The molecule has 0 amide bonds. The molecular weight excluding hydrogens is 361 g/mol. The summed E-state index contributed by atoms with van der Waals surface area (Å²) in [6, 6.07) is 20.7. The molecule has 5 heteroatoms. The van der Waals surface area contributed by atoms with Gasteiger partial charge in [-0.05, 0) is 34.0 Å². The van der Waals surface area contributed by atoms with Crippen molar-refractivity contribution in [3.8, 4) is 0 Å². The quantitative estimate of drug-likeness (QED) is 0.612. The van der Waals surface area contributed by atoms with Crippen molar-refractivity contribution in [2.45, 2.75) is 19.3 Å². The lowest BCUT2D eigenvalue weighted by atomic mass is 10.1. The molecule has 1 aliphatic heterocycles. The van der Waals surface area contributed by atoms with Crippen molar-refractivity contribution >= 4 is 10.8 Å². The van der Waals surface area contributed by atoms with Gasteiger partial charge in [-0.3, -0.25) is 9.80 Å². The Labute approximate surface area is 163 Å². The van der Waals surface area contributed by atoms with E-state index in [4.69, 9.17) is 0 Å². The fourth-order valence-electron chi connectivity index (χ4n) is 3.88. The Hall–Kier alpha value is -2.37. The summed E-state index contributed by atoms with van der Waals surface area (Å²) in [5.74, 6) is 0. The van der Waals surface area contributed by atoms with Gasteiger partial charge in [0.25, 0.3) is 0 Å². The van der Waals surface area contributed by atoms with Gasteiger partial charge in [-0.15, -0.1) is 0 Å². The summed E-state index contributed by atoms with van der Waals surface area (Å²) >= 11 is 0. The van der Waals surface area contributed by atoms with E-state index in [1.54, 1.807) is 12.1 Å². The third-order valence-corrected chi connectivity index (χ3v) is 5.40. The largest absolute Gasteiger partial charge is 0.416 e. The van der Waals surface area contributed by atoms with Crippen LogP contribution in [0.4, 0.5) is 13.2 Å². The number of fused-ring (bicyclic) bond motifs is 1. The van der Waals surface area contributed by atoms with E-state index >= 15 is 0 Å². The summed E-state index contributed by atoms with van der Waals surface area (Å²) < 4.78 is 39.6. The number of rotatable bonds is 4. The fraction of sp³-hybridized carbons (Fsp3) is 0.304. The summed E-state index contributed by atoms with van der Waals surface area (Å²) in [5.41, 5.74) is 1.11. The molecule has 1 saturated heterocycles. The van der Waals surface area contributed by atoms with Crippen LogP contribution in [-0.4, -0.2) is 36.0 Å². The molecule has 0 N–H and O–H groups in total. The highest BCUT2D eigenvalue weighted by Crippen LogP contribution is 2.32. The molecular formula is C23H23F3N2. The van der Waals surface area contributed by atoms with Crippen LogP contribution in [0.3, 0.4) is 0 Å². The maximum atomic E-state index is 13.2. The van der Waals surface area contributed by atoms with Crippen LogP contribution in [0.5, 0.6) is 0 Å². The average molecular weight is 384 g/mol. The Morgan fingerprint density at radius 1 is 0.679 bits per heavy atom. The Morgan fingerprint density at radius 3 is 2.00 bits per heavy atom. The smallest absolute Gasteiger partial charge is 0.297 e. The van der Waals surface area contributed by atoms with Crippen LogP contribution in [-0.2, 0) is 19.3 Å². The second-order valence-corrected chi connectivity index (χ2v) is 7.39. The molecule has 1 heterocycles. The summed E-state index contributed by atoms with van der Waals surface area (Å²) in [7, 11) is 0. The molecule has 0 aromatic heterocycles. The highest BCUT2D eigenvalue weighted by atomic mass is 19.4. The molecule has 0 aliphatic carbocycles. The first-order valence-electron chi connectivity index (χ1n) is 9.56. The molecule has 28 heavy (non-hydrogen) atoms. The van der Waals surface area contributed by atoms with Gasteiger partial charge >= 0.3 is 6.18 Å². The van der Waals surface area contributed by atoms with Gasteiger partial charge in [-0.2, -0.15) is 13.2 Å². The predicted molar refractivity (Wildman–Crippen MR) is 106 cm³/mol. The molecule has 0 unspecified atom stereocenters. The zero-order valence-corrected chi connectivity index (χ0v) is 15.6. The van der Waals surface area contributed by atoms with Crippen LogP contribution >= 0.6 is 0 Å². The van der Waals surface area contributed by atoms with E-state index in [0.29, 0.717) is 12.1 Å². The zero-order valence-electron chi connectivity index (χ0n) is 15.6. The van der Waals surface area contributed by atoms with Crippen molar-refractivity contribution in [3.05, 3.63) is 83.4 Å². The Balaban J connectivity index is 1.36. The second-order valence-electron chi connectivity index (χ2n) is 7.39. The molecule has 2 nitrogen and oxygen atoms in total. The maximum absolute atomic E-state index is 13.2. The third kappa shape index (κ3) is 4.37. The Morgan fingerprint density at radius 2 is 1.29 bits per heavy atom. The second kappa shape index (κ2) is 7.94. The monoisotopic (exact) mass is 384 g/mol. The molecule has 3 aromatic carbocycles. The number of halogens is 3. The minimum Gasteiger partial charge on any atom is -0.297 e. The van der Waals surface area contributed by atoms with E-state index in [1.807, 2.05) is 12.1 Å². The highest BCUT2D eigenvalue weighted by Gasteiger charge is 2.33. The van der Waals surface area contributed by atoms with Crippen molar-refractivity contribution in [2.24, 2.45) is 0 Å². The van der Waals surface area contributed by atoms with Crippen molar-refractivity contribution in [2.75, 3.05) is 26.2 Å². The summed E-state index contributed by atoms with van der Waals surface area (Å²) in [6.07, 6.45) is -4.30. The number of benzene rings is 3. The fourth-order valence-corrected chi connectivity index (χ4v) is 3.88. The lowest BCUT2D eigenvalue weighted by Gasteiger charge is -2.35. The van der Waals surface area contributed by atoms with Crippen LogP contribution in [0, 0.1) is 0 Å². The van der Waals surface area contributed by atoms with E-state index in [-0.39, 0.29) is 0 Å². The molecule has 0 atom stereocenters. The lowest BCUT2D eigenvalue weighted by Crippen LogP contribution is -2.45. The normalized spacial score (nSPS) is 16.5. The van der Waals surface area contributed by atoms with Crippen molar-refractivity contribution in [1.82, 2.24) is 9.80 Å². The molecule has 0 spiro atoms. The Kier molecular flexibility index (Phi) is 5.38. The van der Waals surface area contributed by atoms with Crippen molar-refractivity contribution < 1.29 is 13.2 Å². The number of piperazine rings is 1. The molecule has 1 fully saturated rings. The number of nitrogens with zero attached hydrogens (tertiary/aromatic N) is 2. The van der Waals surface area contributed by atoms with Crippen molar-refractivity contribution in [3.63, 3.8) is 0 Å². The van der Waals surface area contributed by atoms with Gasteiger partial charge in [0.1, 0.15) is 0 Å². The first-order valence-corrected chi connectivity index (χ1v) is 9.56. The maximum Gasteiger partial charge on any atom is 0.416 e. The molecule has 3 aromatic rings. The van der Waals surface area contributed by atoms with Gasteiger partial charge in [0.05, 0.1) is 5.56 Å². The topological polar surface area (TPSA) is 6.48 Å². The van der Waals surface area contributed by atoms with Gasteiger partial charge < -0.3 is 0 Å². The lowest BCUT2D eigenvalue weighted by molar-refractivity contribution is -0.138. The third-order valence-electron chi connectivity index (χ3n) is 5.40. The number of hydrogen-bond donors (Lipinski definition) is 0. The Bertz CT molecular complexity index is 944. The number of alkyl halides is 3. The van der Waals surface area contributed by atoms with Crippen LogP contribution in [0.1, 0.15) is 16.7 Å². The van der Waals surface area contributed by atoms with E-state index in [2.05, 4.69) is 40.1 Å². The average Bonchev–Trinajstić information content (AvgIpc) is 2.69. The van der Waals surface area contributed by atoms with Gasteiger partial charge in [0.15, 0.2) is 0 Å². The minimum absolute atomic E-state index is 0.347. The standard InChI is InChI=1S/C23H23F3N2/c24-23(25,26)22-8-4-3-7-21(22)17-28-13-11-27(12-14-28)16-18-9-10-19-5-1-2-6-20(19)15-18/h1-10,15H,11-14,16-17H2. The minimum atomic E-state index is -4.30. The van der Waals surface area contributed by atoms with Crippen molar-refractivity contribution in [1.29, 1.82) is 0 Å². The molecule has 0 radical (unpaired) electrons. The molecule has 146 valence electrons. The first-order chi connectivity index (χ1) is 13.5. The van der Waals surface area contributed by atoms with E-state index < -0.39 is 11.7 Å². The molecule has 0 bridgehead atoms. The van der Waals surface area contributed by atoms with E-state index in [0.717, 1.165) is 32.7 Å². The van der Waals surface area contributed by atoms with Gasteiger partial charge in [-0.1, -0.05) is 54.6 Å². The number of hydrogen-bond acceptors (Lipinski definition) is 2. The summed E-state index contributed by atoms with van der Waals surface area (Å²) in [5, 5.41) is 2.47. The van der Waals surface area contributed by atoms with Crippen LogP contribution in [0.25, 0.3) is 10.8 Å². The summed E-state index contributed by atoms with van der Waals surface area (Å²) in [4.78, 5) is 4.48. The van der Waals surface area contributed by atoms with Gasteiger partial charge in [0.2, 0.25) is 0 Å².